The summed E-state index contributed by atoms with van der Waals surface area (Å²) in [7, 11) is 0. The lowest BCUT2D eigenvalue weighted by Crippen LogP contribution is -2.33. The van der Waals surface area contributed by atoms with E-state index in [0.29, 0.717) is 12.3 Å². The number of hydrogen-bond donors (Lipinski definition) is 1. The Morgan fingerprint density at radius 1 is 1.59 bits per heavy atom. The van der Waals surface area contributed by atoms with E-state index in [4.69, 9.17) is 4.74 Å². The summed E-state index contributed by atoms with van der Waals surface area (Å²) in [5, 5.41) is 10.2. The van der Waals surface area contributed by atoms with Gasteiger partial charge in [0.25, 0.3) is 0 Å². The number of aliphatic hydroxyl groups excluding tert-OH is 1. The van der Waals surface area contributed by atoms with Gasteiger partial charge < -0.3 is 9.84 Å². The quantitative estimate of drug-likeness (QED) is 0.868. The summed E-state index contributed by atoms with van der Waals surface area (Å²) in [6.45, 7) is 5.31. The Balaban J connectivity index is 2.91. The average Bonchev–Trinajstić information content (AvgIpc) is 2.29. The van der Waals surface area contributed by atoms with Gasteiger partial charge in [-0.05, 0) is 48.8 Å². The lowest BCUT2D eigenvalue weighted by atomic mass is 9.84. The highest BCUT2D eigenvalue weighted by molar-refractivity contribution is 9.10. The minimum Gasteiger partial charge on any atom is -0.465 e. The molecular formula is C12H16BrNO3. The van der Waals surface area contributed by atoms with Crippen LogP contribution >= 0.6 is 15.9 Å². The van der Waals surface area contributed by atoms with Gasteiger partial charge in [-0.1, -0.05) is 0 Å². The molecule has 1 N–H and O–H groups in total. The van der Waals surface area contributed by atoms with Crippen LogP contribution in [-0.4, -0.2) is 22.7 Å². The van der Waals surface area contributed by atoms with E-state index in [-0.39, 0.29) is 0 Å². The van der Waals surface area contributed by atoms with E-state index in [1.807, 2.05) is 0 Å². The number of esters is 1. The molecule has 0 saturated heterocycles. The van der Waals surface area contributed by atoms with Gasteiger partial charge in [0.15, 0.2) is 0 Å². The molecule has 17 heavy (non-hydrogen) atoms. The predicted molar refractivity (Wildman–Crippen MR) is 67.3 cm³/mol. The molecule has 0 saturated carbocycles. The molecule has 1 heterocycles. The second-order valence-corrected chi connectivity index (χ2v) is 5.16. The van der Waals surface area contributed by atoms with E-state index in [1.165, 1.54) is 0 Å². The molecule has 0 aliphatic rings. The predicted octanol–water partition coefficient (Wildman–Crippen LogP) is 2.47. The fourth-order valence-electron chi connectivity index (χ4n) is 1.35. The minimum absolute atomic E-state index is 0.294. The molecule has 0 spiro atoms. The van der Waals surface area contributed by atoms with Crippen molar-refractivity contribution in [2.75, 3.05) is 6.61 Å². The van der Waals surface area contributed by atoms with Crippen LogP contribution in [0.1, 0.15) is 32.6 Å². The summed E-state index contributed by atoms with van der Waals surface area (Å²) in [6, 6.07) is 3.45. The van der Waals surface area contributed by atoms with Gasteiger partial charge in [-0.15, -0.1) is 0 Å². The fraction of sp³-hybridized carbons (Fsp3) is 0.500. The number of ether oxygens (including phenoxy) is 1. The van der Waals surface area contributed by atoms with Crippen LogP contribution in [0, 0.1) is 5.41 Å². The van der Waals surface area contributed by atoms with Gasteiger partial charge in [0.1, 0.15) is 6.10 Å². The molecule has 1 unspecified atom stereocenters. The highest BCUT2D eigenvalue weighted by atomic mass is 79.9. The van der Waals surface area contributed by atoms with Crippen molar-refractivity contribution >= 4 is 21.9 Å². The Labute approximate surface area is 109 Å². The van der Waals surface area contributed by atoms with Crippen LogP contribution in [0.25, 0.3) is 0 Å². The largest absolute Gasteiger partial charge is 0.465 e. The van der Waals surface area contributed by atoms with E-state index in [9.17, 15) is 9.90 Å². The molecule has 0 aliphatic heterocycles. The summed E-state index contributed by atoms with van der Waals surface area (Å²) in [5.74, 6) is -0.433. The maximum absolute atomic E-state index is 11.7. The summed E-state index contributed by atoms with van der Waals surface area (Å²) >= 11 is 3.26. The first-order valence-corrected chi connectivity index (χ1v) is 6.15. The van der Waals surface area contributed by atoms with Crippen LogP contribution in [-0.2, 0) is 9.53 Å². The van der Waals surface area contributed by atoms with Crippen LogP contribution in [0.15, 0.2) is 22.8 Å². The fourth-order valence-corrected chi connectivity index (χ4v) is 1.58. The van der Waals surface area contributed by atoms with Crippen molar-refractivity contribution in [3.05, 3.63) is 28.5 Å². The molecule has 0 amide bonds. The zero-order chi connectivity index (χ0) is 13.1. The van der Waals surface area contributed by atoms with Crippen LogP contribution in [0.4, 0.5) is 0 Å². The monoisotopic (exact) mass is 301 g/mol. The van der Waals surface area contributed by atoms with Gasteiger partial charge in [-0.3, -0.25) is 9.78 Å². The van der Waals surface area contributed by atoms with Crippen molar-refractivity contribution in [2.45, 2.75) is 26.9 Å². The number of nitrogens with zero attached hydrogens (tertiary/aromatic N) is 1. The topological polar surface area (TPSA) is 59.4 Å². The smallest absolute Gasteiger partial charge is 0.314 e. The van der Waals surface area contributed by atoms with Gasteiger partial charge in [0.05, 0.1) is 17.7 Å². The Hall–Kier alpha value is -0.940. The third-order valence-corrected chi connectivity index (χ3v) is 2.98. The van der Waals surface area contributed by atoms with Crippen molar-refractivity contribution in [2.24, 2.45) is 5.41 Å². The zero-order valence-corrected chi connectivity index (χ0v) is 11.7. The van der Waals surface area contributed by atoms with E-state index < -0.39 is 17.5 Å². The number of carbonyl (C=O) groups is 1. The number of halogens is 1. The maximum Gasteiger partial charge on any atom is 0.314 e. The van der Waals surface area contributed by atoms with Crippen LogP contribution in [0.3, 0.4) is 0 Å². The molecule has 4 nitrogen and oxygen atoms in total. The Bertz CT molecular complexity index is 389. The number of hydrogen-bond acceptors (Lipinski definition) is 4. The van der Waals surface area contributed by atoms with Crippen LogP contribution in [0.2, 0.25) is 0 Å². The summed E-state index contributed by atoms with van der Waals surface area (Å²) < 4.78 is 5.76. The molecular weight excluding hydrogens is 286 g/mol. The average molecular weight is 302 g/mol. The molecule has 0 fully saturated rings. The first-order valence-electron chi connectivity index (χ1n) is 5.36. The number of pyridine rings is 1. The van der Waals surface area contributed by atoms with E-state index >= 15 is 0 Å². The molecule has 1 atom stereocenters. The number of carbonyl (C=O) groups excluding carboxylic acids is 1. The van der Waals surface area contributed by atoms with Crippen molar-refractivity contribution in [1.29, 1.82) is 0 Å². The molecule has 1 rings (SSSR count). The first-order chi connectivity index (χ1) is 7.89. The van der Waals surface area contributed by atoms with Gasteiger partial charge in [-0.25, -0.2) is 0 Å². The second kappa shape index (κ2) is 5.60. The van der Waals surface area contributed by atoms with Gasteiger partial charge in [0.2, 0.25) is 0 Å². The van der Waals surface area contributed by atoms with Crippen molar-refractivity contribution < 1.29 is 14.6 Å². The highest BCUT2D eigenvalue weighted by Gasteiger charge is 2.38. The number of rotatable bonds is 4. The van der Waals surface area contributed by atoms with E-state index in [2.05, 4.69) is 20.9 Å². The summed E-state index contributed by atoms with van der Waals surface area (Å²) in [5.41, 5.74) is -0.567. The number of aromatic nitrogens is 1. The molecule has 5 heteroatoms. The lowest BCUT2D eigenvalue weighted by molar-refractivity contribution is -0.160. The van der Waals surface area contributed by atoms with Gasteiger partial charge >= 0.3 is 5.97 Å². The summed E-state index contributed by atoms with van der Waals surface area (Å²) in [6.07, 6.45) is 0.592. The molecule has 1 aromatic rings. The zero-order valence-electron chi connectivity index (χ0n) is 10.1. The SMILES string of the molecule is CCOC(=O)C(C)(C)C(O)c1ccc(Br)cn1. The van der Waals surface area contributed by atoms with Crippen molar-refractivity contribution in [3.8, 4) is 0 Å². The maximum atomic E-state index is 11.7. The van der Waals surface area contributed by atoms with Gasteiger partial charge in [-0.2, -0.15) is 0 Å². The minimum atomic E-state index is -1.02. The Morgan fingerprint density at radius 3 is 2.71 bits per heavy atom. The van der Waals surface area contributed by atoms with Crippen LogP contribution < -0.4 is 0 Å². The number of aliphatic hydroxyl groups is 1. The first kappa shape index (κ1) is 14.1. The molecule has 0 aromatic carbocycles. The Morgan fingerprint density at radius 2 is 2.24 bits per heavy atom. The summed E-state index contributed by atoms with van der Waals surface area (Å²) in [4.78, 5) is 15.8. The van der Waals surface area contributed by atoms with Crippen molar-refractivity contribution in [3.63, 3.8) is 0 Å². The molecule has 0 bridgehead atoms. The van der Waals surface area contributed by atoms with Crippen molar-refractivity contribution in [1.82, 2.24) is 4.98 Å². The third-order valence-electron chi connectivity index (χ3n) is 2.52. The molecule has 0 aliphatic carbocycles. The van der Waals surface area contributed by atoms with E-state index in [1.54, 1.807) is 39.1 Å². The molecule has 0 radical (unpaired) electrons. The normalized spacial score (nSPS) is 13.2. The molecule has 94 valence electrons. The standard InChI is InChI=1S/C12H16BrNO3/c1-4-17-11(16)12(2,3)10(15)9-6-5-8(13)7-14-9/h5-7,10,15H,4H2,1-3H3. The van der Waals surface area contributed by atoms with Crippen LogP contribution in [0.5, 0.6) is 0 Å². The van der Waals surface area contributed by atoms with E-state index in [0.717, 1.165) is 4.47 Å². The lowest BCUT2D eigenvalue weighted by Gasteiger charge is -2.27. The third kappa shape index (κ3) is 3.26. The highest BCUT2D eigenvalue weighted by Crippen LogP contribution is 2.33. The molecule has 1 aromatic heterocycles. The van der Waals surface area contributed by atoms with Gasteiger partial charge in [0, 0.05) is 10.7 Å². The Kier molecular flexibility index (Phi) is 4.65. The second-order valence-electron chi connectivity index (χ2n) is 4.25.